The summed E-state index contributed by atoms with van der Waals surface area (Å²) in [5, 5.41) is 0.700. The van der Waals surface area contributed by atoms with Crippen molar-refractivity contribution in [2.45, 2.75) is 47.8 Å². The Balaban J connectivity index is 1.60. The summed E-state index contributed by atoms with van der Waals surface area (Å²) in [6.07, 6.45) is 8.75. The smallest absolute Gasteiger partial charge is 0.220 e. The van der Waals surface area contributed by atoms with Crippen LogP contribution in [-0.4, -0.2) is 27.5 Å². The fraction of sp³-hybridized carbons (Fsp3) is 0.333. The lowest BCUT2D eigenvalue weighted by molar-refractivity contribution is 0.305. The minimum absolute atomic E-state index is 0.269. The van der Waals surface area contributed by atoms with Crippen LogP contribution in [0.1, 0.15) is 32.1 Å². The molecule has 4 rings (SSSR count). The third kappa shape index (κ3) is 3.79. The number of halogens is 1. The van der Waals surface area contributed by atoms with E-state index in [0.29, 0.717) is 11.1 Å². The molecule has 0 saturated heterocycles. The summed E-state index contributed by atoms with van der Waals surface area (Å²) in [4.78, 5) is 20.6. The van der Waals surface area contributed by atoms with Crippen LogP contribution in [0.2, 0.25) is 0 Å². The van der Waals surface area contributed by atoms with Gasteiger partial charge in [0.1, 0.15) is 5.66 Å². The first kappa shape index (κ1) is 18.2. The van der Waals surface area contributed by atoms with E-state index < -0.39 is 5.66 Å². The molecule has 0 amide bonds. The van der Waals surface area contributed by atoms with Crippen molar-refractivity contribution in [2.75, 3.05) is 4.90 Å². The lowest BCUT2D eigenvalue weighted by Gasteiger charge is -2.45. The van der Waals surface area contributed by atoms with E-state index in [1.165, 1.54) is 18.2 Å². The minimum atomic E-state index is -0.419. The molecule has 4 N–H and O–H groups in total. The zero-order valence-corrected chi connectivity index (χ0v) is 17.1. The Bertz CT molecular complexity index is 874. The molecule has 9 heteroatoms. The molecule has 2 heterocycles. The van der Waals surface area contributed by atoms with Gasteiger partial charge >= 0.3 is 0 Å². The number of aromatic nitrogens is 2. The highest BCUT2D eigenvalue weighted by molar-refractivity contribution is 9.10. The van der Waals surface area contributed by atoms with Gasteiger partial charge in [-0.25, -0.2) is 15.0 Å². The van der Waals surface area contributed by atoms with Crippen LogP contribution in [0.15, 0.2) is 61.2 Å². The molecule has 0 radical (unpaired) electrons. The van der Waals surface area contributed by atoms with Gasteiger partial charge in [-0.2, -0.15) is 4.99 Å². The highest BCUT2D eigenvalue weighted by Gasteiger charge is 2.42. The maximum atomic E-state index is 6.27. The van der Waals surface area contributed by atoms with E-state index in [4.69, 9.17) is 16.5 Å². The molecule has 0 unspecified atom stereocenters. The monoisotopic (exact) mass is 445 g/mol. The Morgan fingerprint density at radius 3 is 2.33 bits per heavy atom. The van der Waals surface area contributed by atoms with E-state index in [0.717, 1.165) is 40.7 Å². The van der Waals surface area contributed by atoms with Crippen LogP contribution in [0.5, 0.6) is 0 Å². The molecule has 1 aliphatic carbocycles. The van der Waals surface area contributed by atoms with Crippen molar-refractivity contribution in [3.8, 4) is 0 Å². The summed E-state index contributed by atoms with van der Waals surface area (Å²) in [6.45, 7) is 0. The molecule has 1 saturated carbocycles. The van der Waals surface area contributed by atoms with Crippen LogP contribution in [0.3, 0.4) is 0 Å². The maximum absolute atomic E-state index is 6.27. The first-order chi connectivity index (χ1) is 13.1. The summed E-state index contributed by atoms with van der Waals surface area (Å²) in [5.74, 6) is 0.672. The van der Waals surface area contributed by atoms with Crippen molar-refractivity contribution in [2.24, 2.45) is 21.5 Å². The zero-order chi connectivity index (χ0) is 18.9. The van der Waals surface area contributed by atoms with Crippen LogP contribution in [0.25, 0.3) is 0 Å². The van der Waals surface area contributed by atoms with Crippen molar-refractivity contribution < 1.29 is 0 Å². The second-order valence-electron chi connectivity index (χ2n) is 6.60. The molecule has 1 aromatic carbocycles. The number of nitrogens with two attached hydrogens (primary N) is 2. The number of nitrogens with zero attached hydrogens (tertiary/aromatic N) is 5. The fourth-order valence-electron chi connectivity index (χ4n) is 3.62. The molecule has 1 spiro atoms. The predicted molar refractivity (Wildman–Crippen MR) is 112 cm³/mol. The Morgan fingerprint density at radius 1 is 1.00 bits per heavy atom. The normalized spacial score (nSPS) is 18.9. The number of aliphatic imine (C=N–C) groups is 2. The average molecular weight is 446 g/mol. The zero-order valence-electron chi connectivity index (χ0n) is 14.7. The molecular formula is C18H20BrN7S. The molecule has 1 fully saturated rings. The number of hydrogen-bond acceptors (Lipinski definition) is 8. The van der Waals surface area contributed by atoms with Gasteiger partial charge in [0, 0.05) is 23.0 Å². The molecule has 1 aliphatic heterocycles. The molecule has 0 atom stereocenters. The van der Waals surface area contributed by atoms with Gasteiger partial charge in [-0.05, 0) is 77.6 Å². The van der Waals surface area contributed by atoms with Gasteiger partial charge in [-0.1, -0.05) is 6.42 Å². The van der Waals surface area contributed by atoms with Crippen LogP contribution in [0.4, 0.5) is 5.69 Å². The van der Waals surface area contributed by atoms with E-state index in [1.807, 2.05) is 29.2 Å². The fourth-order valence-corrected chi connectivity index (χ4v) is 4.52. The second kappa shape index (κ2) is 7.47. The molecular weight excluding hydrogens is 426 g/mol. The van der Waals surface area contributed by atoms with Gasteiger partial charge in [0.25, 0.3) is 0 Å². The van der Waals surface area contributed by atoms with Gasteiger partial charge in [0.05, 0.1) is 4.47 Å². The van der Waals surface area contributed by atoms with Gasteiger partial charge in [-0.3, -0.25) is 4.90 Å². The first-order valence-corrected chi connectivity index (χ1v) is 10.4. The molecule has 7 nitrogen and oxygen atoms in total. The maximum Gasteiger partial charge on any atom is 0.220 e. The largest absolute Gasteiger partial charge is 0.369 e. The highest BCUT2D eigenvalue weighted by Crippen LogP contribution is 2.40. The Kier molecular flexibility index (Phi) is 5.05. The van der Waals surface area contributed by atoms with Crippen LogP contribution >= 0.6 is 27.7 Å². The third-order valence-electron chi connectivity index (χ3n) is 4.75. The second-order valence-corrected chi connectivity index (χ2v) is 8.55. The quantitative estimate of drug-likeness (QED) is 0.700. The van der Waals surface area contributed by atoms with E-state index in [2.05, 4.69) is 30.9 Å². The van der Waals surface area contributed by atoms with E-state index >= 15 is 0 Å². The van der Waals surface area contributed by atoms with Crippen molar-refractivity contribution in [1.82, 2.24) is 9.97 Å². The Morgan fingerprint density at radius 2 is 1.67 bits per heavy atom. The van der Waals surface area contributed by atoms with E-state index in [9.17, 15) is 0 Å². The predicted octanol–water partition coefficient (Wildman–Crippen LogP) is 3.50. The standard InChI is InChI=1S/C18H20BrN7S/c19-12-10-22-17(23-11-12)27-14-6-4-13(5-7-14)26-16(21)24-15(20)25-18(26)8-2-1-3-9-18/h4-7,10-11H,1-3,8-9H2,(H4,20,21,24,25). The molecule has 140 valence electrons. The summed E-state index contributed by atoms with van der Waals surface area (Å²) in [6, 6.07) is 8.15. The minimum Gasteiger partial charge on any atom is -0.369 e. The van der Waals surface area contributed by atoms with Gasteiger partial charge in [-0.15, -0.1) is 0 Å². The average Bonchev–Trinajstić information content (AvgIpc) is 2.65. The number of guanidine groups is 2. The number of anilines is 1. The number of benzene rings is 1. The van der Waals surface area contributed by atoms with Crippen molar-refractivity contribution >= 4 is 45.3 Å². The van der Waals surface area contributed by atoms with E-state index in [1.54, 1.807) is 12.4 Å². The SMILES string of the molecule is NC1=NC2(CCCCC2)N(c2ccc(Sc3ncc(Br)cn3)cc2)C(N)=N1. The highest BCUT2D eigenvalue weighted by atomic mass is 79.9. The van der Waals surface area contributed by atoms with Crippen molar-refractivity contribution in [1.29, 1.82) is 0 Å². The first-order valence-electron chi connectivity index (χ1n) is 8.81. The van der Waals surface area contributed by atoms with Gasteiger partial charge < -0.3 is 11.5 Å². The summed E-state index contributed by atoms with van der Waals surface area (Å²) in [7, 11) is 0. The Labute approximate surface area is 170 Å². The third-order valence-corrected chi connectivity index (χ3v) is 6.06. The molecule has 2 aromatic rings. The number of hydrogen-bond donors (Lipinski definition) is 2. The molecule has 1 aromatic heterocycles. The lowest BCUT2D eigenvalue weighted by atomic mass is 9.87. The summed E-state index contributed by atoms with van der Waals surface area (Å²) in [5.41, 5.74) is 12.7. The Hall–Kier alpha value is -2.13. The van der Waals surface area contributed by atoms with E-state index in [-0.39, 0.29) is 5.96 Å². The van der Waals surface area contributed by atoms with Gasteiger partial charge in [0.15, 0.2) is 5.16 Å². The number of rotatable bonds is 3. The van der Waals surface area contributed by atoms with Crippen LogP contribution < -0.4 is 16.4 Å². The lowest BCUT2D eigenvalue weighted by Crippen LogP contribution is -2.58. The summed E-state index contributed by atoms with van der Waals surface area (Å²) >= 11 is 4.86. The van der Waals surface area contributed by atoms with Gasteiger partial charge in [0.2, 0.25) is 11.9 Å². The van der Waals surface area contributed by atoms with Crippen LogP contribution in [0, 0.1) is 0 Å². The van der Waals surface area contributed by atoms with Crippen molar-refractivity contribution in [3.63, 3.8) is 0 Å². The topological polar surface area (TPSA) is 106 Å². The molecule has 2 aliphatic rings. The molecule has 27 heavy (non-hydrogen) atoms. The molecule has 0 bridgehead atoms. The van der Waals surface area contributed by atoms with Crippen LogP contribution in [-0.2, 0) is 0 Å². The van der Waals surface area contributed by atoms with Crippen molar-refractivity contribution in [3.05, 3.63) is 41.1 Å². The summed E-state index contributed by atoms with van der Waals surface area (Å²) < 4.78 is 0.861.